The van der Waals surface area contributed by atoms with Gasteiger partial charge in [-0.15, -0.1) is 0 Å². The zero-order chi connectivity index (χ0) is 6.99. The molecule has 0 saturated carbocycles. The molecule has 2 heteroatoms. The molecule has 0 heterocycles. The second-order valence-corrected chi connectivity index (χ2v) is 1.29. The van der Waals surface area contributed by atoms with Gasteiger partial charge in [-0.3, -0.25) is 0 Å². The van der Waals surface area contributed by atoms with Crippen molar-refractivity contribution in [2.45, 2.75) is 27.2 Å². The van der Waals surface area contributed by atoms with Crippen LogP contribution in [0.4, 0.5) is 8.78 Å². The molecule has 0 aliphatic heterocycles. The first-order chi connectivity index (χ1) is 3.68. The van der Waals surface area contributed by atoms with E-state index >= 15 is 0 Å². The fourth-order valence-electron chi connectivity index (χ4n) is 0. The molecule has 0 unspecified atom stereocenters. The Kier molecular flexibility index (Phi) is 12.9. The van der Waals surface area contributed by atoms with E-state index in [0.717, 1.165) is 6.08 Å². The first kappa shape index (κ1) is 10.6. The number of halogens is 2. The van der Waals surface area contributed by atoms with Crippen LogP contribution < -0.4 is 0 Å². The molecule has 0 aromatic carbocycles. The van der Waals surface area contributed by atoms with E-state index in [1.165, 1.54) is 13.3 Å². The molecule has 0 radical (unpaired) electrons. The van der Waals surface area contributed by atoms with Gasteiger partial charge in [0.1, 0.15) is 0 Å². The van der Waals surface area contributed by atoms with Crippen molar-refractivity contribution in [3.05, 3.63) is 12.2 Å². The molecule has 0 amide bonds. The summed E-state index contributed by atoms with van der Waals surface area (Å²) < 4.78 is 21.2. The first-order valence-electron chi connectivity index (χ1n) is 2.66. The van der Waals surface area contributed by atoms with Crippen LogP contribution >= 0.6 is 0 Å². The lowest BCUT2D eigenvalue weighted by Gasteiger charge is -1.62. The highest BCUT2D eigenvalue weighted by atomic mass is 19.3. The van der Waals surface area contributed by atoms with E-state index in [4.69, 9.17) is 0 Å². The van der Waals surface area contributed by atoms with E-state index in [2.05, 4.69) is 13.8 Å². The third-order valence-electron chi connectivity index (χ3n) is 0.218. The van der Waals surface area contributed by atoms with Crippen molar-refractivity contribution < 1.29 is 8.78 Å². The summed E-state index contributed by atoms with van der Waals surface area (Å²) in [5.74, 6) is 0. The molecule has 0 atom stereocenters. The summed E-state index contributed by atoms with van der Waals surface area (Å²) in [7, 11) is 0. The second-order valence-electron chi connectivity index (χ2n) is 1.29. The lowest BCUT2D eigenvalue weighted by molar-refractivity contribution is 0.420. The summed E-state index contributed by atoms with van der Waals surface area (Å²) in [5, 5.41) is 0. The van der Waals surface area contributed by atoms with Crippen LogP contribution in [-0.2, 0) is 0 Å². The number of allylic oxidation sites excluding steroid dienone is 1. The van der Waals surface area contributed by atoms with Gasteiger partial charge in [0.05, 0.1) is 0 Å². The van der Waals surface area contributed by atoms with Gasteiger partial charge >= 0.3 is 0 Å². The van der Waals surface area contributed by atoms with Crippen LogP contribution in [0.5, 0.6) is 0 Å². The smallest absolute Gasteiger partial charge is 0.174 e. The molecule has 0 aromatic rings. The average molecular weight is 122 g/mol. The molecule has 0 rings (SSSR count). The maximum Gasteiger partial charge on any atom is 0.266 e. The fraction of sp³-hybridized carbons (Fsp3) is 0.667. The predicted octanol–water partition coefficient (Wildman–Crippen LogP) is 3.20. The first-order valence-corrected chi connectivity index (χ1v) is 2.66. The number of rotatable bonds is 0. The SMILES string of the molecule is CC=C(F)F.CCC. The summed E-state index contributed by atoms with van der Waals surface area (Å²) in [5.41, 5.74) is 0. The van der Waals surface area contributed by atoms with E-state index in [0.29, 0.717) is 0 Å². The Morgan fingerprint density at radius 3 is 1.50 bits per heavy atom. The van der Waals surface area contributed by atoms with Crippen molar-refractivity contribution in [1.82, 2.24) is 0 Å². The maximum atomic E-state index is 10.6. The molecule has 0 fully saturated rings. The van der Waals surface area contributed by atoms with Crippen LogP contribution in [0.25, 0.3) is 0 Å². The van der Waals surface area contributed by atoms with Crippen LogP contribution in [0.2, 0.25) is 0 Å². The van der Waals surface area contributed by atoms with Gasteiger partial charge in [-0.25, -0.2) is 0 Å². The summed E-state index contributed by atoms with van der Waals surface area (Å²) >= 11 is 0. The van der Waals surface area contributed by atoms with Crippen LogP contribution in [0.1, 0.15) is 27.2 Å². The lowest BCUT2D eigenvalue weighted by atomic mass is 10.6. The Labute approximate surface area is 49.2 Å². The minimum Gasteiger partial charge on any atom is -0.174 e. The van der Waals surface area contributed by atoms with E-state index in [9.17, 15) is 8.78 Å². The Morgan fingerprint density at radius 2 is 1.50 bits per heavy atom. The van der Waals surface area contributed by atoms with Gasteiger partial charge in [-0.05, 0) is 13.0 Å². The lowest BCUT2D eigenvalue weighted by Crippen LogP contribution is -1.44. The Balaban J connectivity index is 0. The van der Waals surface area contributed by atoms with Gasteiger partial charge in [0.15, 0.2) is 0 Å². The van der Waals surface area contributed by atoms with Gasteiger partial charge < -0.3 is 0 Å². The van der Waals surface area contributed by atoms with Gasteiger partial charge in [0.2, 0.25) is 0 Å². The van der Waals surface area contributed by atoms with Crippen molar-refractivity contribution in [2.75, 3.05) is 0 Å². The van der Waals surface area contributed by atoms with Gasteiger partial charge in [-0.2, -0.15) is 8.78 Å². The minimum atomic E-state index is -1.62. The molecule has 0 spiro atoms. The normalized spacial score (nSPS) is 6.62. The topological polar surface area (TPSA) is 0 Å². The maximum absolute atomic E-state index is 10.6. The summed E-state index contributed by atoms with van der Waals surface area (Å²) in [6, 6.07) is 0. The second kappa shape index (κ2) is 9.78. The molecule has 0 aromatic heterocycles. The minimum absolute atomic E-state index is 0.750. The van der Waals surface area contributed by atoms with Gasteiger partial charge in [-0.1, -0.05) is 20.3 Å². The monoisotopic (exact) mass is 122 g/mol. The fourth-order valence-corrected chi connectivity index (χ4v) is 0. The van der Waals surface area contributed by atoms with Crippen LogP contribution in [0.3, 0.4) is 0 Å². The Morgan fingerprint density at radius 1 is 1.38 bits per heavy atom. The molecule has 0 N–H and O–H groups in total. The average Bonchev–Trinajstić information content (AvgIpc) is 1.69. The number of hydrogen-bond acceptors (Lipinski definition) is 0. The summed E-state index contributed by atoms with van der Waals surface area (Å²) in [6.45, 7) is 5.54. The zero-order valence-corrected chi connectivity index (χ0v) is 5.54. The highest BCUT2D eigenvalue weighted by Gasteiger charge is 1.74. The van der Waals surface area contributed by atoms with E-state index in [-0.39, 0.29) is 0 Å². The number of hydrogen-bond donors (Lipinski definition) is 0. The van der Waals surface area contributed by atoms with Crippen LogP contribution in [0.15, 0.2) is 12.2 Å². The molecular weight excluding hydrogens is 110 g/mol. The van der Waals surface area contributed by atoms with Crippen LogP contribution in [-0.4, -0.2) is 0 Å². The van der Waals surface area contributed by atoms with Crippen LogP contribution in [0, 0.1) is 0 Å². The van der Waals surface area contributed by atoms with Gasteiger partial charge in [0, 0.05) is 0 Å². The predicted molar refractivity (Wildman–Crippen MR) is 31.9 cm³/mol. The van der Waals surface area contributed by atoms with E-state index < -0.39 is 6.08 Å². The molecule has 0 aliphatic rings. The molecule has 0 nitrogen and oxygen atoms in total. The van der Waals surface area contributed by atoms with Gasteiger partial charge in [0.25, 0.3) is 6.08 Å². The molecule has 0 bridgehead atoms. The van der Waals surface area contributed by atoms with E-state index in [1.807, 2.05) is 0 Å². The molecular formula is C6H12F2. The highest BCUT2D eigenvalue weighted by Crippen LogP contribution is 1.92. The Bertz CT molecular complexity index is 53.5. The summed E-state index contributed by atoms with van der Waals surface area (Å²) in [4.78, 5) is 0. The molecule has 50 valence electrons. The van der Waals surface area contributed by atoms with Crippen molar-refractivity contribution in [3.63, 3.8) is 0 Å². The quantitative estimate of drug-likeness (QED) is 0.462. The van der Waals surface area contributed by atoms with Crippen molar-refractivity contribution in [2.24, 2.45) is 0 Å². The largest absolute Gasteiger partial charge is 0.266 e. The summed E-state index contributed by atoms with van der Waals surface area (Å²) in [6.07, 6.45) is 0.380. The molecule has 0 saturated heterocycles. The Hall–Kier alpha value is -0.400. The third-order valence-corrected chi connectivity index (χ3v) is 0.218. The van der Waals surface area contributed by atoms with Crippen molar-refractivity contribution in [3.8, 4) is 0 Å². The standard InChI is InChI=1S/C3H4F2.C3H8/c1-2-3(4)5;1-3-2/h2H,1H3;3H2,1-2H3. The molecule has 0 aliphatic carbocycles. The third kappa shape index (κ3) is 46.3. The zero-order valence-electron chi connectivity index (χ0n) is 5.54. The van der Waals surface area contributed by atoms with E-state index in [1.54, 1.807) is 0 Å². The molecule has 8 heavy (non-hydrogen) atoms. The highest BCUT2D eigenvalue weighted by molar-refractivity contribution is 4.72. The van der Waals surface area contributed by atoms with Crippen molar-refractivity contribution in [1.29, 1.82) is 0 Å². The van der Waals surface area contributed by atoms with Crippen molar-refractivity contribution >= 4 is 0 Å².